The third-order valence-corrected chi connectivity index (χ3v) is 3.33. The van der Waals surface area contributed by atoms with Crippen molar-refractivity contribution in [2.75, 3.05) is 0 Å². The molecule has 0 saturated heterocycles. The number of carbonyl (C=O) groups is 2. The Morgan fingerprint density at radius 2 is 1.26 bits per heavy atom. The van der Waals surface area contributed by atoms with Gasteiger partial charge in [0.1, 0.15) is 0 Å². The summed E-state index contributed by atoms with van der Waals surface area (Å²) >= 11 is 0. The van der Waals surface area contributed by atoms with Gasteiger partial charge in [0, 0.05) is 16.2 Å². The monoisotopic (exact) mass is 266 g/mol. The molecule has 0 aromatic carbocycles. The van der Waals surface area contributed by atoms with Crippen LogP contribution in [0.3, 0.4) is 0 Å². The van der Waals surface area contributed by atoms with E-state index in [-0.39, 0.29) is 0 Å². The Bertz CT molecular complexity index is 370. The summed E-state index contributed by atoms with van der Waals surface area (Å²) in [4.78, 5) is 32.0. The first kappa shape index (κ1) is 13.8. The average molecular weight is 266 g/mol. The second kappa shape index (κ2) is 7.09. The molecule has 0 aromatic heterocycles. The van der Waals surface area contributed by atoms with Crippen LogP contribution in [0.15, 0.2) is 23.3 Å². The van der Waals surface area contributed by atoms with Crippen molar-refractivity contribution < 1.29 is 24.4 Å². The van der Waals surface area contributed by atoms with Crippen LogP contribution in [0.5, 0.6) is 0 Å². The van der Waals surface area contributed by atoms with Gasteiger partial charge < -0.3 is 0 Å². The molecule has 19 heavy (non-hydrogen) atoms. The fraction of sp³-hybridized carbons (Fsp3) is 0.571. The van der Waals surface area contributed by atoms with Gasteiger partial charge in [0.25, 0.3) is 0 Å². The molecule has 0 amide bonds. The second-order valence-electron chi connectivity index (χ2n) is 4.76. The molecular formula is C14H18O5. The first-order valence-electron chi connectivity index (χ1n) is 6.75. The lowest BCUT2D eigenvalue weighted by Crippen LogP contribution is -2.15. The van der Waals surface area contributed by atoms with E-state index >= 15 is 0 Å². The Hall–Kier alpha value is -1.62. The largest absolute Gasteiger partial charge is 0.373 e. The van der Waals surface area contributed by atoms with Crippen LogP contribution in [-0.4, -0.2) is 11.9 Å². The van der Waals surface area contributed by atoms with Crippen molar-refractivity contribution in [3.63, 3.8) is 0 Å². The standard InChI is InChI=1S/C14H18O5/c15-13(11-7-3-1-4-8-11)17-19-18-14(16)12-9-5-2-6-10-12/h7,9H,1-6,8,10H2. The number of hydrogen-bond acceptors (Lipinski definition) is 5. The van der Waals surface area contributed by atoms with Gasteiger partial charge in [-0.2, -0.15) is 0 Å². The molecule has 0 radical (unpaired) electrons. The van der Waals surface area contributed by atoms with Crippen LogP contribution < -0.4 is 0 Å². The third kappa shape index (κ3) is 4.21. The maximum absolute atomic E-state index is 11.5. The van der Waals surface area contributed by atoms with Crippen LogP contribution in [0.1, 0.15) is 51.4 Å². The van der Waals surface area contributed by atoms with E-state index in [0.29, 0.717) is 24.0 Å². The van der Waals surface area contributed by atoms with Crippen molar-refractivity contribution in [2.24, 2.45) is 0 Å². The molecule has 0 N–H and O–H groups in total. The van der Waals surface area contributed by atoms with E-state index in [2.05, 4.69) is 14.8 Å². The van der Waals surface area contributed by atoms with Crippen LogP contribution in [0.4, 0.5) is 0 Å². The maximum Gasteiger partial charge on any atom is 0.373 e. The molecule has 2 aliphatic rings. The first-order valence-corrected chi connectivity index (χ1v) is 6.75. The minimum atomic E-state index is -0.579. The molecule has 0 aromatic rings. The molecule has 2 aliphatic carbocycles. The molecule has 0 aliphatic heterocycles. The highest BCUT2D eigenvalue weighted by atomic mass is 17.5. The zero-order valence-electron chi connectivity index (χ0n) is 10.9. The van der Waals surface area contributed by atoms with Gasteiger partial charge in [-0.15, -0.1) is 0 Å². The zero-order valence-corrected chi connectivity index (χ0v) is 10.9. The highest BCUT2D eigenvalue weighted by molar-refractivity contribution is 5.89. The highest BCUT2D eigenvalue weighted by Crippen LogP contribution is 2.20. The van der Waals surface area contributed by atoms with E-state index in [0.717, 1.165) is 38.5 Å². The van der Waals surface area contributed by atoms with Gasteiger partial charge in [-0.3, -0.25) is 9.78 Å². The van der Waals surface area contributed by atoms with E-state index < -0.39 is 11.9 Å². The fourth-order valence-corrected chi connectivity index (χ4v) is 2.23. The van der Waals surface area contributed by atoms with Crippen molar-refractivity contribution in [1.82, 2.24) is 0 Å². The Morgan fingerprint density at radius 1 is 0.789 bits per heavy atom. The lowest BCUT2D eigenvalue weighted by Gasteiger charge is -2.11. The molecule has 104 valence electrons. The molecule has 0 unspecified atom stereocenters. The average Bonchev–Trinajstić information content (AvgIpc) is 2.49. The number of hydrogen-bond donors (Lipinski definition) is 0. The first-order chi connectivity index (χ1) is 9.27. The summed E-state index contributed by atoms with van der Waals surface area (Å²) in [7, 11) is 0. The smallest absolute Gasteiger partial charge is 0.254 e. The van der Waals surface area contributed by atoms with Gasteiger partial charge in [-0.1, -0.05) is 12.2 Å². The predicted molar refractivity (Wildman–Crippen MR) is 66.4 cm³/mol. The lowest BCUT2D eigenvalue weighted by molar-refractivity contribution is -0.456. The molecule has 0 fully saturated rings. The molecule has 0 bridgehead atoms. The van der Waals surface area contributed by atoms with Gasteiger partial charge in [-0.05, 0) is 51.4 Å². The summed E-state index contributed by atoms with van der Waals surface area (Å²) in [5.74, 6) is -1.16. The van der Waals surface area contributed by atoms with Gasteiger partial charge in [0.05, 0.1) is 0 Å². The molecule has 2 rings (SSSR count). The van der Waals surface area contributed by atoms with Crippen molar-refractivity contribution in [2.45, 2.75) is 51.4 Å². The molecule has 0 atom stereocenters. The highest BCUT2D eigenvalue weighted by Gasteiger charge is 2.18. The van der Waals surface area contributed by atoms with E-state index in [1.165, 1.54) is 0 Å². The van der Waals surface area contributed by atoms with Gasteiger partial charge in [-0.25, -0.2) is 9.59 Å². The lowest BCUT2D eigenvalue weighted by atomic mass is 10.00. The number of allylic oxidation sites excluding steroid dienone is 2. The van der Waals surface area contributed by atoms with Crippen LogP contribution in [0.2, 0.25) is 0 Å². The maximum atomic E-state index is 11.5. The summed E-state index contributed by atoms with van der Waals surface area (Å²) in [5, 5.41) is 4.28. The fourth-order valence-electron chi connectivity index (χ4n) is 2.23. The Balaban J connectivity index is 1.71. The Kier molecular flexibility index (Phi) is 5.15. The number of carbonyl (C=O) groups excluding carboxylic acids is 2. The second-order valence-corrected chi connectivity index (χ2v) is 4.76. The minimum Gasteiger partial charge on any atom is -0.254 e. The van der Waals surface area contributed by atoms with Crippen molar-refractivity contribution >= 4 is 11.9 Å². The summed E-state index contributed by atoms with van der Waals surface area (Å²) in [6.45, 7) is 0. The molecular weight excluding hydrogens is 248 g/mol. The van der Waals surface area contributed by atoms with Gasteiger partial charge in [0.2, 0.25) is 0 Å². The van der Waals surface area contributed by atoms with Gasteiger partial charge in [0.15, 0.2) is 0 Å². The summed E-state index contributed by atoms with van der Waals surface area (Å²) < 4.78 is 0. The summed E-state index contributed by atoms with van der Waals surface area (Å²) in [6.07, 6.45) is 10.9. The number of rotatable bonds is 4. The quantitative estimate of drug-likeness (QED) is 0.578. The minimum absolute atomic E-state index is 0.579. The van der Waals surface area contributed by atoms with Crippen molar-refractivity contribution in [1.29, 1.82) is 0 Å². The van der Waals surface area contributed by atoms with Crippen molar-refractivity contribution in [3.05, 3.63) is 23.3 Å². The topological polar surface area (TPSA) is 61.8 Å². The summed E-state index contributed by atoms with van der Waals surface area (Å²) in [6, 6.07) is 0. The van der Waals surface area contributed by atoms with E-state index in [9.17, 15) is 9.59 Å². The normalized spacial score (nSPS) is 19.2. The molecule has 0 heterocycles. The predicted octanol–water partition coefficient (Wildman–Crippen LogP) is 2.92. The van der Waals surface area contributed by atoms with Crippen LogP contribution in [0, 0.1) is 0 Å². The van der Waals surface area contributed by atoms with E-state index in [4.69, 9.17) is 0 Å². The van der Waals surface area contributed by atoms with Crippen molar-refractivity contribution in [3.8, 4) is 0 Å². The van der Waals surface area contributed by atoms with E-state index in [1.807, 2.05) is 12.2 Å². The molecule has 0 saturated carbocycles. The third-order valence-electron chi connectivity index (χ3n) is 3.33. The van der Waals surface area contributed by atoms with Crippen LogP contribution in [-0.2, 0) is 24.4 Å². The SMILES string of the molecule is O=C(OOOC(=O)C1=CCCCC1)C1=CCCCC1. The Labute approximate surface area is 112 Å². The van der Waals surface area contributed by atoms with Crippen LogP contribution >= 0.6 is 0 Å². The van der Waals surface area contributed by atoms with E-state index in [1.54, 1.807) is 0 Å². The van der Waals surface area contributed by atoms with Crippen LogP contribution in [0.25, 0.3) is 0 Å². The molecule has 5 nitrogen and oxygen atoms in total. The zero-order chi connectivity index (χ0) is 13.5. The van der Waals surface area contributed by atoms with Gasteiger partial charge >= 0.3 is 11.9 Å². The summed E-state index contributed by atoms with van der Waals surface area (Å²) in [5.41, 5.74) is 1.17. The molecule has 0 spiro atoms. The Morgan fingerprint density at radius 3 is 1.63 bits per heavy atom. The molecule has 5 heteroatoms.